The number of aliphatic imine (C=N–C) groups is 1. The zero-order valence-corrected chi connectivity index (χ0v) is 16.5. The lowest BCUT2D eigenvalue weighted by atomic mass is 10.2. The molecule has 0 aliphatic carbocycles. The molecule has 0 aromatic heterocycles. The van der Waals surface area contributed by atoms with Gasteiger partial charge < -0.3 is 19.7 Å². The van der Waals surface area contributed by atoms with Gasteiger partial charge in [-0.2, -0.15) is 0 Å². The number of methoxy groups -OCH3 is 2. The number of nitrogens with zero attached hydrogens (tertiary/aromatic N) is 2. The molecule has 1 rings (SSSR count). The van der Waals surface area contributed by atoms with Crippen LogP contribution in [-0.2, 0) is 6.54 Å². The van der Waals surface area contributed by atoms with Crippen molar-refractivity contribution in [3.05, 3.63) is 23.8 Å². The molecule has 0 unspecified atom stereocenters. The molecule has 5 nitrogen and oxygen atoms in total. The average Bonchev–Trinajstić information content (AvgIpc) is 2.53. The van der Waals surface area contributed by atoms with Gasteiger partial charge in [0.05, 0.1) is 14.2 Å². The van der Waals surface area contributed by atoms with Crippen LogP contribution in [0, 0.1) is 0 Å². The Morgan fingerprint density at radius 2 is 2.00 bits per heavy atom. The molecule has 0 spiro atoms. The molecule has 0 amide bonds. The van der Waals surface area contributed by atoms with E-state index in [1.165, 1.54) is 6.42 Å². The van der Waals surface area contributed by atoms with Crippen LogP contribution >= 0.6 is 24.0 Å². The molecule has 126 valence electrons. The maximum atomic E-state index is 5.41. The maximum absolute atomic E-state index is 5.41. The van der Waals surface area contributed by atoms with Crippen LogP contribution in [0.3, 0.4) is 0 Å². The minimum absolute atomic E-state index is 0. The van der Waals surface area contributed by atoms with E-state index >= 15 is 0 Å². The van der Waals surface area contributed by atoms with Gasteiger partial charge in [-0.3, -0.25) is 4.99 Å². The highest BCUT2D eigenvalue weighted by Crippen LogP contribution is 2.24. The summed E-state index contributed by atoms with van der Waals surface area (Å²) in [7, 11) is 7.17. The quantitative estimate of drug-likeness (QED) is 0.418. The third kappa shape index (κ3) is 6.29. The number of unbranched alkanes of at least 4 members (excludes halogenated alkanes) is 1. The predicted octanol–water partition coefficient (Wildman–Crippen LogP) is 3.13. The fourth-order valence-corrected chi connectivity index (χ4v) is 2.06. The van der Waals surface area contributed by atoms with E-state index in [0.717, 1.165) is 36.0 Å². The van der Waals surface area contributed by atoms with Crippen LogP contribution in [-0.4, -0.2) is 45.7 Å². The Hall–Kier alpha value is -1.18. The van der Waals surface area contributed by atoms with Crippen LogP contribution < -0.4 is 14.8 Å². The summed E-state index contributed by atoms with van der Waals surface area (Å²) in [6.07, 6.45) is 2.33. The Morgan fingerprint density at radius 3 is 2.55 bits per heavy atom. The summed E-state index contributed by atoms with van der Waals surface area (Å²) < 4.78 is 10.6. The molecule has 0 atom stereocenters. The number of ether oxygens (including phenoxy) is 2. The molecular formula is C16H28IN3O2. The van der Waals surface area contributed by atoms with Gasteiger partial charge in [-0.1, -0.05) is 13.3 Å². The standard InChI is InChI=1S/C16H27N3O2.HI/c1-6-7-10-19(3)16(17-2)18-12-13-8-9-14(20-4)11-15(13)21-5;/h8-9,11H,6-7,10,12H2,1-5H3,(H,17,18);1H. The second kappa shape index (κ2) is 11.4. The first kappa shape index (κ1) is 20.8. The summed E-state index contributed by atoms with van der Waals surface area (Å²) >= 11 is 0. The molecule has 0 bridgehead atoms. The van der Waals surface area contributed by atoms with Gasteiger partial charge in [-0.05, 0) is 18.6 Å². The minimum Gasteiger partial charge on any atom is -0.497 e. The van der Waals surface area contributed by atoms with E-state index < -0.39 is 0 Å². The Labute approximate surface area is 151 Å². The van der Waals surface area contributed by atoms with Gasteiger partial charge in [0.1, 0.15) is 11.5 Å². The van der Waals surface area contributed by atoms with Crippen LogP contribution in [0.2, 0.25) is 0 Å². The van der Waals surface area contributed by atoms with E-state index in [2.05, 4.69) is 29.2 Å². The topological polar surface area (TPSA) is 46.1 Å². The normalized spacial score (nSPS) is 10.7. The van der Waals surface area contributed by atoms with Crippen molar-refractivity contribution in [2.24, 2.45) is 4.99 Å². The number of hydrogen-bond donors (Lipinski definition) is 1. The van der Waals surface area contributed by atoms with Gasteiger partial charge in [-0.15, -0.1) is 24.0 Å². The highest BCUT2D eigenvalue weighted by Gasteiger charge is 2.08. The van der Waals surface area contributed by atoms with Gasteiger partial charge in [0.2, 0.25) is 0 Å². The zero-order valence-electron chi connectivity index (χ0n) is 14.2. The number of benzene rings is 1. The first-order valence-electron chi connectivity index (χ1n) is 7.28. The Kier molecular flexibility index (Phi) is 10.8. The SMILES string of the molecule is CCCCN(C)C(=NC)NCc1ccc(OC)cc1OC.I. The zero-order chi connectivity index (χ0) is 15.7. The van der Waals surface area contributed by atoms with E-state index in [1.54, 1.807) is 21.3 Å². The maximum Gasteiger partial charge on any atom is 0.193 e. The first-order valence-corrected chi connectivity index (χ1v) is 7.28. The Balaban J connectivity index is 0.00000441. The monoisotopic (exact) mass is 421 g/mol. The summed E-state index contributed by atoms with van der Waals surface area (Å²) in [5.41, 5.74) is 1.07. The Morgan fingerprint density at radius 1 is 1.27 bits per heavy atom. The van der Waals surface area contributed by atoms with Crippen molar-refractivity contribution in [1.29, 1.82) is 0 Å². The number of hydrogen-bond acceptors (Lipinski definition) is 3. The van der Waals surface area contributed by atoms with Crippen molar-refractivity contribution >= 4 is 29.9 Å². The molecule has 0 radical (unpaired) electrons. The fourth-order valence-electron chi connectivity index (χ4n) is 2.06. The van der Waals surface area contributed by atoms with E-state index in [0.29, 0.717) is 6.54 Å². The first-order chi connectivity index (χ1) is 10.2. The molecule has 0 saturated heterocycles. The number of halogens is 1. The van der Waals surface area contributed by atoms with Crippen LogP contribution in [0.15, 0.2) is 23.2 Å². The smallest absolute Gasteiger partial charge is 0.193 e. The second-order valence-corrected chi connectivity index (χ2v) is 4.85. The van der Waals surface area contributed by atoms with Crippen molar-refractivity contribution in [3.8, 4) is 11.5 Å². The van der Waals surface area contributed by atoms with Gasteiger partial charge in [0.15, 0.2) is 5.96 Å². The van der Waals surface area contributed by atoms with Gasteiger partial charge >= 0.3 is 0 Å². The molecule has 6 heteroatoms. The Bertz CT molecular complexity index is 467. The number of rotatable bonds is 7. The molecule has 0 fully saturated rings. The fraction of sp³-hybridized carbons (Fsp3) is 0.562. The number of guanidine groups is 1. The predicted molar refractivity (Wildman–Crippen MR) is 103 cm³/mol. The van der Waals surface area contributed by atoms with E-state index in [-0.39, 0.29) is 24.0 Å². The van der Waals surface area contributed by atoms with E-state index in [9.17, 15) is 0 Å². The molecule has 0 heterocycles. The lowest BCUT2D eigenvalue weighted by molar-refractivity contribution is 0.390. The third-order valence-corrected chi connectivity index (χ3v) is 3.35. The summed E-state index contributed by atoms with van der Waals surface area (Å²) in [6.45, 7) is 3.85. The summed E-state index contributed by atoms with van der Waals surface area (Å²) in [5, 5.41) is 3.36. The van der Waals surface area contributed by atoms with Gasteiger partial charge in [0.25, 0.3) is 0 Å². The molecule has 0 aliphatic heterocycles. The van der Waals surface area contributed by atoms with Crippen LogP contribution in [0.1, 0.15) is 25.3 Å². The van der Waals surface area contributed by atoms with E-state index in [1.807, 2.05) is 18.2 Å². The lowest BCUT2D eigenvalue weighted by Crippen LogP contribution is -2.39. The molecule has 0 saturated carbocycles. The van der Waals surface area contributed by atoms with Crippen molar-refractivity contribution in [3.63, 3.8) is 0 Å². The van der Waals surface area contributed by atoms with Crippen molar-refractivity contribution in [1.82, 2.24) is 10.2 Å². The summed E-state index contributed by atoms with van der Waals surface area (Å²) in [4.78, 5) is 6.45. The molecule has 1 aromatic carbocycles. The van der Waals surface area contributed by atoms with Gasteiger partial charge in [0, 0.05) is 38.8 Å². The third-order valence-electron chi connectivity index (χ3n) is 3.35. The molecule has 22 heavy (non-hydrogen) atoms. The van der Waals surface area contributed by atoms with Gasteiger partial charge in [-0.25, -0.2) is 0 Å². The number of nitrogens with one attached hydrogen (secondary N) is 1. The summed E-state index contributed by atoms with van der Waals surface area (Å²) in [5.74, 6) is 2.50. The van der Waals surface area contributed by atoms with Crippen LogP contribution in [0.5, 0.6) is 11.5 Å². The lowest BCUT2D eigenvalue weighted by Gasteiger charge is -2.22. The second-order valence-electron chi connectivity index (χ2n) is 4.85. The minimum atomic E-state index is 0. The molecule has 1 N–H and O–H groups in total. The highest BCUT2D eigenvalue weighted by atomic mass is 127. The summed E-state index contributed by atoms with van der Waals surface area (Å²) in [6, 6.07) is 5.83. The van der Waals surface area contributed by atoms with Crippen molar-refractivity contribution < 1.29 is 9.47 Å². The largest absolute Gasteiger partial charge is 0.497 e. The highest BCUT2D eigenvalue weighted by molar-refractivity contribution is 14.0. The molecule has 0 aliphatic rings. The van der Waals surface area contributed by atoms with Crippen LogP contribution in [0.4, 0.5) is 0 Å². The molecule has 1 aromatic rings. The van der Waals surface area contributed by atoms with Crippen molar-refractivity contribution in [2.45, 2.75) is 26.3 Å². The average molecular weight is 421 g/mol. The van der Waals surface area contributed by atoms with E-state index in [4.69, 9.17) is 9.47 Å². The van der Waals surface area contributed by atoms with Crippen LogP contribution in [0.25, 0.3) is 0 Å². The van der Waals surface area contributed by atoms with Crippen molar-refractivity contribution in [2.75, 3.05) is 34.9 Å². The molecular weight excluding hydrogens is 393 g/mol.